The Morgan fingerprint density at radius 1 is 1.00 bits per heavy atom. The predicted molar refractivity (Wildman–Crippen MR) is 57.6 cm³/mol. The van der Waals surface area contributed by atoms with Crippen molar-refractivity contribution >= 4 is 0 Å². The largest absolute Gasteiger partial charge is 0.0807 e. The summed E-state index contributed by atoms with van der Waals surface area (Å²) in [5.41, 5.74) is 1.56. The van der Waals surface area contributed by atoms with Crippen LogP contribution in [0.1, 0.15) is 38.5 Å². The summed E-state index contributed by atoms with van der Waals surface area (Å²) in [6.45, 7) is 0. The highest BCUT2D eigenvalue weighted by Crippen LogP contribution is 2.30. The molecular formula is C13H18. The first-order valence-electron chi connectivity index (χ1n) is 5.50. The maximum Gasteiger partial charge on any atom is -0.0162 e. The topological polar surface area (TPSA) is 0 Å². The van der Waals surface area contributed by atoms with Gasteiger partial charge in [-0.2, -0.15) is 0 Å². The summed E-state index contributed by atoms with van der Waals surface area (Å²) in [5, 5.41) is 0. The standard InChI is InChI=1S/C13H18/c1-2-5-9-12(8-4-1)13-10-6-3-7-11-13/h1,4-5,8-9,13H,2-3,6-7,10-11H2. The lowest BCUT2D eigenvalue weighted by molar-refractivity contribution is 0.408. The third kappa shape index (κ3) is 2.33. The highest BCUT2D eigenvalue weighted by atomic mass is 14.2. The van der Waals surface area contributed by atoms with E-state index in [-0.39, 0.29) is 0 Å². The molecule has 70 valence electrons. The van der Waals surface area contributed by atoms with Crippen molar-refractivity contribution in [2.75, 3.05) is 0 Å². The Bertz CT molecular complexity index is 237. The summed E-state index contributed by atoms with van der Waals surface area (Å²) in [6, 6.07) is 0. The molecule has 1 fully saturated rings. The fourth-order valence-corrected chi connectivity index (χ4v) is 2.30. The van der Waals surface area contributed by atoms with E-state index >= 15 is 0 Å². The summed E-state index contributed by atoms with van der Waals surface area (Å²) in [4.78, 5) is 0. The molecule has 0 saturated heterocycles. The highest BCUT2D eigenvalue weighted by Gasteiger charge is 2.15. The van der Waals surface area contributed by atoms with Gasteiger partial charge in [0.2, 0.25) is 0 Å². The minimum Gasteiger partial charge on any atom is -0.0807 e. The van der Waals surface area contributed by atoms with Gasteiger partial charge in [0.05, 0.1) is 0 Å². The van der Waals surface area contributed by atoms with Gasteiger partial charge in [0.1, 0.15) is 0 Å². The van der Waals surface area contributed by atoms with E-state index in [4.69, 9.17) is 0 Å². The van der Waals surface area contributed by atoms with Gasteiger partial charge >= 0.3 is 0 Å². The van der Waals surface area contributed by atoms with Crippen LogP contribution in [-0.4, -0.2) is 0 Å². The van der Waals surface area contributed by atoms with Crippen LogP contribution in [0.5, 0.6) is 0 Å². The van der Waals surface area contributed by atoms with Crippen LogP contribution in [0.15, 0.2) is 36.0 Å². The molecule has 0 aromatic rings. The van der Waals surface area contributed by atoms with Gasteiger partial charge in [-0.3, -0.25) is 0 Å². The summed E-state index contributed by atoms with van der Waals surface area (Å²) >= 11 is 0. The molecule has 0 spiro atoms. The molecule has 0 heterocycles. The van der Waals surface area contributed by atoms with Crippen LogP contribution in [-0.2, 0) is 0 Å². The molecule has 2 rings (SSSR count). The lowest BCUT2D eigenvalue weighted by atomic mass is 9.83. The third-order valence-electron chi connectivity index (χ3n) is 3.08. The Morgan fingerprint density at radius 2 is 1.85 bits per heavy atom. The Labute approximate surface area is 81.0 Å². The molecule has 0 aromatic heterocycles. The molecule has 0 aromatic carbocycles. The number of hydrogen-bond donors (Lipinski definition) is 0. The summed E-state index contributed by atoms with van der Waals surface area (Å²) < 4.78 is 0. The molecule has 0 N–H and O–H groups in total. The molecule has 2 aliphatic rings. The van der Waals surface area contributed by atoms with Crippen LogP contribution >= 0.6 is 0 Å². The maximum atomic E-state index is 2.33. The lowest BCUT2D eigenvalue weighted by Gasteiger charge is -2.22. The first kappa shape index (κ1) is 8.80. The highest BCUT2D eigenvalue weighted by molar-refractivity contribution is 5.29. The van der Waals surface area contributed by atoms with Gasteiger partial charge in [-0.15, -0.1) is 0 Å². The smallest absolute Gasteiger partial charge is 0.0162 e. The van der Waals surface area contributed by atoms with E-state index in [1.165, 1.54) is 32.1 Å². The quantitative estimate of drug-likeness (QED) is 0.563. The van der Waals surface area contributed by atoms with E-state index in [0.717, 1.165) is 12.3 Å². The van der Waals surface area contributed by atoms with Crippen molar-refractivity contribution in [3.63, 3.8) is 0 Å². The van der Waals surface area contributed by atoms with Crippen molar-refractivity contribution in [3.8, 4) is 0 Å². The van der Waals surface area contributed by atoms with Crippen LogP contribution < -0.4 is 0 Å². The molecule has 0 aliphatic heterocycles. The molecule has 1 saturated carbocycles. The molecule has 0 atom stereocenters. The van der Waals surface area contributed by atoms with Crippen molar-refractivity contribution in [2.24, 2.45) is 5.92 Å². The van der Waals surface area contributed by atoms with E-state index in [1.807, 2.05) is 0 Å². The molecule has 0 heteroatoms. The van der Waals surface area contributed by atoms with Crippen molar-refractivity contribution in [1.82, 2.24) is 0 Å². The van der Waals surface area contributed by atoms with E-state index in [2.05, 4.69) is 30.4 Å². The van der Waals surface area contributed by atoms with Gasteiger partial charge in [0, 0.05) is 0 Å². The maximum absolute atomic E-state index is 2.33. The lowest BCUT2D eigenvalue weighted by Crippen LogP contribution is -2.07. The Kier molecular flexibility index (Phi) is 3.02. The van der Waals surface area contributed by atoms with Gasteiger partial charge in [0.25, 0.3) is 0 Å². The number of allylic oxidation sites excluding steroid dienone is 6. The van der Waals surface area contributed by atoms with Gasteiger partial charge < -0.3 is 0 Å². The minimum atomic E-state index is 0.854. The summed E-state index contributed by atoms with van der Waals surface area (Å²) in [5.74, 6) is 0.854. The van der Waals surface area contributed by atoms with Crippen molar-refractivity contribution < 1.29 is 0 Å². The Balaban J connectivity index is 2.05. The second kappa shape index (κ2) is 4.45. The second-order valence-corrected chi connectivity index (χ2v) is 4.07. The normalized spacial score (nSPS) is 24.2. The van der Waals surface area contributed by atoms with E-state index in [9.17, 15) is 0 Å². The second-order valence-electron chi connectivity index (χ2n) is 4.07. The van der Waals surface area contributed by atoms with E-state index in [1.54, 1.807) is 5.57 Å². The molecule has 13 heavy (non-hydrogen) atoms. The molecule has 2 aliphatic carbocycles. The summed E-state index contributed by atoms with van der Waals surface area (Å²) in [6.07, 6.45) is 19.6. The van der Waals surface area contributed by atoms with Crippen LogP contribution in [0.3, 0.4) is 0 Å². The SMILES string of the molecule is C1=CCC=CC(C2CCCCC2)=C1. The minimum absolute atomic E-state index is 0.854. The van der Waals surface area contributed by atoms with Crippen LogP contribution in [0.25, 0.3) is 0 Å². The molecule has 0 bridgehead atoms. The van der Waals surface area contributed by atoms with E-state index in [0.29, 0.717) is 0 Å². The number of rotatable bonds is 1. The first-order chi connectivity index (χ1) is 6.47. The monoisotopic (exact) mass is 174 g/mol. The third-order valence-corrected chi connectivity index (χ3v) is 3.08. The predicted octanol–water partition coefficient (Wildman–Crippen LogP) is 4.01. The molecular weight excluding hydrogens is 156 g/mol. The van der Waals surface area contributed by atoms with Crippen molar-refractivity contribution in [2.45, 2.75) is 38.5 Å². The average molecular weight is 174 g/mol. The first-order valence-corrected chi connectivity index (χ1v) is 5.50. The fraction of sp³-hybridized carbons (Fsp3) is 0.538. The van der Waals surface area contributed by atoms with Gasteiger partial charge in [0.15, 0.2) is 0 Å². The summed E-state index contributed by atoms with van der Waals surface area (Å²) in [7, 11) is 0. The van der Waals surface area contributed by atoms with Crippen molar-refractivity contribution in [1.29, 1.82) is 0 Å². The van der Waals surface area contributed by atoms with Gasteiger partial charge in [-0.1, -0.05) is 49.6 Å². The van der Waals surface area contributed by atoms with Crippen LogP contribution in [0.4, 0.5) is 0 Å². The average Bonchev–Trinajstić information content (AvgIpc) is 2.47. The molecule has 0 nitrogen and oxygen atoms in total. The molecule has 0 unspecified atom stereocenters. The van der Waals surface area contributed by atoms with Crippen molar-refractivity contribution in [3.05, 3.63) is 36.0 Å². The zero-order valence-corrected chi connectivity index (χ0v) is 8.21. The molecule has 0 amide bonds. The van der Waals surface area contributed by atoms with Crippen LogP contribution in [0.2, 0.25) is 0 Å². The Morgan fingerprint density at radius 3 is 2.69 bits per heavy atom. The fourth-order valence-electron chi connectivity index (χ4n) is 2.30. The van der Waals surface area contributed by atoms with Gasteiger partial charge in [-0.25, -0.2) is 0 Å². The number of hydrogen-bond acceptors (Lipinski definition) is 0. The van der Waals surface area contributed by atoms with E-state index < -0.39 is 0 Å². The van der Waals surface area contributed by atoms with Gasteiger partial charge in [-0.05, 0) is 30.8 Å². The van der Waals surface area contributed by atoms with Crippen LogP contribution in [0, 0.1) is 5.92 Å². The zero-order valence-electron chi connectivity index (χ0n) is 8.21. The molecule has 0 radical (unpaired) electrons. The zero-order chi connectivity index (χ0) is 8.93. The Hall–Kier alpha value is -0.780.